The molecule has 4 rings (SSSR count). The first-order valence-corrected chi connectivity index (χ1v) is 8.21. The van der Waals surface area contributed by atoms with E-state index in [1.807, 2.05) is 0 Å². The van der Waals surface area contributed by atoms with Gasteiger partial charge in [0.2, 0.25) is 0 Å². The van der Waals surface area contributed by atoms with Crippen molar-refractivity contribution in [3.05, 3.63) is 20.3 Å². The van der Waals surface area contributed by atoms with Crippen molar-refractivity contribution in [3.63, 3.8) is 0 Å². The first-order valence-electron chi connectivity index (χ1n) is 6.60. The van der Waals surface area contributed by atoms with Gasteiger partial charge >= 0.3 is 0 Å². The van der Waals surface area contributed by atoms with Crippen molar-refractivity contribution in [1.82, 2.24) is 0 Å². The minimum atomic E-state index is -0.191. The molecule has 0 amide bonds. The van der Waals surface area contributed by atoms with Crippen LogP contribution in [0.1, 0.15) is 35.8 Å². The molecule has 3 aliphatic rings. The Morgan fingerprint density at radius 3 is 2.53 bits per heavy atom. The summed E-state index contributed by atoms with van der Waals surface area (Å²) >= 11 is 5.28. The number of thiophene rings is 1. The lowest BCUT2D eigenvalue weighted by molar-refractivity contribution is 0.133. The molecule has 0 aliphatic heterocycles. The molecule has 0 saturated heterocycles. The van der Waals surface area contributed by atoms with Crippen LogP contribution >= 0.6 is 27.3 Å². The largest absolute Gasteiger partial charge is 0.387 e. The van der Waals surface area contributed by atoms with Crippen LogP contribution in [0.3, 0.4) is 0 Å². The highest BCUT2D eigenvalue weighted by Gasteiger charge is 2.66. The van der Waals surface area contributed by atoms with Crippen LogP contribution in [0.25, 0.3) is 0 Å². The molecule has 0 spiro atoms. The molecule has 5 atom stereocenters. The van der Waals surface area contributed by atoms with E-state index in [-0.39, 0.29) is 6.10 Å². The van der Waals surface area contributed by atoms with E-state index in [1.54, 1.807) is 11.3 Å². The molecule has 1 aromatic rings. The number of fused-ring (bicyclic) bond motifs is 5. The lowest BCUT2D eigenvalue weighted by Crippen LogP contribution is -2.06. The summed E-state index contributed by atoms with van der Waals surface area (Å²) in [6, 6.07) is 2.16. The molecule has 2 bridgehead atoms. The van der Waals surface area contributed by atoms with E-state index < -0.39 is 0 Å². The van der Waals surface area contributed by atoms with Gasteiger partial charge in [-0.15, -0.1) is 11.3 Å². The molecule has 3 saturated carbocycles. The number of halogens is 1. The van der Waals surface area contributed by atoms with Crippen molar-refractivity contribution in [2.24, 2.45) is 29.6 Å². The molecule has 3 aliphatic carbocycles. The number of aliphatic hydroxyl groups is 1. The van der Waals surface area contributed by atoms with Gasteiger partial charge < -0.3 is 5.11 Å². The van der Waals surface area contributed by atoms with Crippen LogP contribution in [0.4, 0.5) is 0 Å². The molecule has 0 radical (unpaired) electrons. The molecule has 0 aromatic carbocycles. The topological polar surface area (TPSA) is 20.2 Å². The first kappa shape index (κ1) is 11.0. The van der Waals surface area contributed by atoms with Crippen LogP contribution in [0.15, 0.2) is 9.85 Å². The Labute approximate surface area is 114 Å². The van der Waals surface area contributed by atoms with Crippen LogP contribution < -0.4 is 0 Å². The molecular formula is C14H17BrOS. The Bertz CT molecular complexity index is 433. The van der Waals surface area contributed by atoms with Gasteiger partial charge in [0.15, 0.2) is 0 Å². The molecule has 17 heavy (non-hydrogen) atoms. The van der Waals surface area contributed by atoms with Gasteiger partial charge in [0.1, 0.15) is 0 Å². The lowest BCUT2D eigenvalue weighted by atomic mass is 9.98. The van der Waals surface area contributed by atoms with Crippen LogP contribution in [0, 0.1) is 36.5 Å². The van der Waals surface area contributed by atoms with E-state index >= 15 is 0 Å². The predicted octanol–water partition coefficient (Wildman–Crippen LogP) is 4.14. The minimum absolute atomic E-state index is 0.191. The van der Waals surface area contributed by atoms with Gasteiger partial charge in [0.05, 0.1) is 9.89 Å². The van der Waals surface area contributed by atoms with Gasteiger partial charge in [0, 0.05) is 4.88 Å². The molecule has 3 fully saturated rings. The molecule has 5 unspecified atom stereocenters. The van der Waals surface area contributed by atoms with Crippen molar-refractivity contribution in [3.8, 4) is 0 Å². The fourth-order valence-corrected chi connectivity index (χ4v) is 6.25. The van der Waals surface area contributed by atoms with E-state index in [4.69, 9.17) is 0 Å². The molecule has 1 heterocycles. The summed E-state index contributed by atoms with van der Waals surface area (Å²) in [5, 5.41) is 10.6. The molecular weight excluding hydrogens is 296 g/mol. The van der Waals surface area contributed by atoms with Crippen molar-refractivity contribution >= 4 is 27.3 Å². The summed E-state index contributed by atoms with van der Waals surface area (Å²) in [5.74, 6) is 4.23. The van der Waals surface area contributed by atoms with Gasteiger partial charge in [-0.1, -0.05) is 0 Å². The monoisotopic (exact) mass is 312 g/mol. The summed E-state index contributed by atoms with van der Waals surface area (Å²) in [6.45, 7) is 2.11. The minimum Gasteiger partial charge on any atom is -0.387 e. The Morgan fingerprint density at radius 1 is 1.35 bits per heavy atom. The second-order valence-electron chi connectivity index (χ2n) is 6.12. The average Bonchev–Trinajstić information content (AvgIpc) is 2.60. The molecule has 3 heteroatoms. The normalized spacial score (nSPS) is 43.8. The second-order valence-corrected chi connectivity index (χ2v) is 8.52. The van der Waals surface area contributed by atoms with Crippen molar-refractivity contribution in [2.75, 3.05) is 0 Å². The third-order valence-corrected chi connectivity index (χ3v) is 7.53. The maximum atomic E-state index is 10.6. The maximum Gasteiger partial charge on any atom is 0.0916 e. The third kappa shape index (κ3) is 1.45. The third-order valence-electron chi connectivity index (χ3n) is 5.33. The number of hydrogen-bond acceptors (Lipinski definition) is 2. The lowest BCUT2D eigenvalue weighted by Gasteiger charge is -2.13. The van der Waals surface area contributed by atoms with Crippen LogP contribution in [0.2, 0.25) is 0 Å². The second kappa shape index (κ2) is 3.58. The van der Waals surface area contributed by atoms with E-state index in [1.165, 1.54) is 33.5 Å². The van der Waals surface area contributed by atoms with Gasteiger partial charge in [-0.05, 0) is 83.3 Å². The van der Waals surface area contributed by atoms with E-state index in [2.05, 4.69) is 28.9 Å². The zero-order valence-electron chi connectivity index (χ0n) is 9.90. The number of aryl methyl sites for hydroxylation is 1. The summed E-state index contributed by atoms with van der Waals surface area (Å²) < 4.78 is 1.18. The van der Waals surface area contributed by atoms with Crippen LogP contribution in [-0.2, 0) is 0 Å². The summed E-state index contributed by atoms with van der Waals surface area (Å²) in [5.41, 5.74) is 1.26. The van der Waals surface area contributed by atoms with Gasteiger partial charge in [-0.2, -0.15) is 0 Å². The number of hydrogen-bond donors (Lipinski definition) is 1. The highest BCUT2D eigenvalue weighted by molar-refractivity contribution is 9.11. The fourth-order valence-electron chi connectivity index (χ4n) is 4.63. The van der Waals surface area contributed by atoms with E-state index in [9.17, 15) is 5.11 Å². The first-order chi connectivity index (χ1) is 8.16. The Hall–Kier alpha value is 0.140. The molecule has 1 N–H and O–H groups in total. The van der Waals surface area contributed by atoms with Crippen molar-refractivity contribution in [1.29, 1.82) is 0 Å². The Kier molecular flexibility index (Phi) is 2.32. The highest BCUT2D eigenvalue weighted by Crippen LogP contribution is 2.72. The van der Waals surface area contributed by atoms with Gasteiger partial charge in [-0.25, -0.2) is 0 Å². The van der Waals surface area contributed by atoms with Crippen LogP contribution in [-0.4, -0.2) is 5.11 Å². The van der Waals surface area contributed by atoms with Gasteiger partial charge in [-0.3, -0.25) is 0 Å². The zero-order valence-corrected chi connectivity index (χ0v) is 12.3. The SMILES string of the molecule is Cc1cc(C(O)C2C3C4CCC(C4)C32)sc1Br. The highest BCUT2D eigenvalue weighted by atomic mass is 79.9. The maximum absolute atomic E-state index is 10.6. The molecule has 1 aromatic heterocycles. The summed E-state index contributed by atoms with van der Waals surface area (Å²) in [4.78, 5) is 1.17. The Balaban J connectivity index is 1.57. The number of rotatable bonds is 2. The summed E-state index contributed by atoms with van der Waals surface area (Å²) in [6.07, 6.45) is 4.14. The fraction of sp³-hybridized carbons (Fsp3) is 0.714. The predicted molar refractivity (Wildman–Crippen MR) is 73.0 cm³/mol. The van der Waals surface area contributed by atoms with Crippen molar-refractivity contribution < 1.29 is 5.11 Å². The molecule has 92 valence electrons. The quantitative estimate of drug-likeness (QED) is 0.870. The zero-order chi connectivity index (χ0) is 11.7. The van der Waals surface area contributed by atoms with E-state index in [0.717, 1.165) is 23.7 Å². The standard InChI is InChI=1S/C14H17BrOS/c1-6-4-9(17-14(6)15)13(16)12-10-7-2-3-8(5-7)11(10)12/h4,7-8,10-13,16H,2-3,5H2,1H3. The van der Waals surface area contributed by atoms with E-state index in [0.29, 0.717) is 5.92 Å². The Morgan fingerprint density at radius 2 is 2.00 bits per heavy atom. The molecule has 1 nitrogen and oxygen atoms in total. The summed E-state index contributed by atoms with van der Waals surface area (Å²) in [7, 11) is 0. The van der Waals surface area contributed by atoms with Gasteiger partial charge in [0.25, 0.3) is 0 Å². The number of aliphatic hydroxyl groups excluding tert-OH is 1. The smallest absolute Gasteiger partial charge is 0.0916 e. The van der Waals surface area contributed by atoms with Crippen molar-refractivity contribution in [2.45, 2.75) is 32.3 Å². The van der Waals surface area contributed by atoms with Crippen LogP contribution in [0.5, 0.6) is 0 Å². The average molecular weight is 313 g/mol.